The lowest BCUT2D eigenvalue weighted by molar-refractivity contribution is -0.122. The monoisotopic (exact) mass is 168 g/mol. The largest absolute Gasteiger partial charge is 0.358 e. The summed E-state index contributed by atoms with van der Waals surface area (Å²) >= 11 is 0. The van der Waals surface area contributed by atoms with Crippen molar-refractivity contribution in [3.05, 3.63) is 0 Å². The Hall–Kier alpha value is -1.01. The molecule has 0 aromatic heterocycles. The number of rotatable bonds is 4. The molecule has 3 heteroatoms. The average Bonchev–Trinajstić information content (AvgIpc) is 2.01. The van der Waals surface area contributed by atoms with Gasteiger partial charge in [-0.3, -0.25) is 4.79 Å². The van der Waals surface area contributed by atoms with Gasteiger partial charge in [0.25, 0.3) is 0 Å². The lowest BCUT2D eigenvalue weighted by Gasteiger charge is -2.17. The summed E-state index contributed by atoms with van der Waals surface area (Å²) in [6, 6.07) is 0.000602. The summed E-state index contributed by atoms with van der Waals surface area (Å²) in [6.45, 7) is 3.96. The van der Waals surface area contributed by atoms with Crippen molar-refractivity contribution >= 4 is 5.91 Å². The van der Waals surface area contributed by atoms with Crippen molar-refractivity contribution < 1.29 is 4.79 Å². The number of likely N-dealkylation sites (N-methyl/N-ethyl adjacent to an activating group) is 1. The second-order valence-electron chi connectivity index (χ2n) is 2.90. The van der Waals surface area contributed by atoms with E-state index in [1.807, 2.05) is 13.8 Å². The molecule has 0 saturated carbocycles. The van der Waals surface area contributed by atoms with Gasteiger partial charge in [-0.15, -0.1) is 12.3 Å². The fourth-order valence-electron chi connectivity index (χ4n) is 0.922. The number of hydrogen-bond acceptors (Lipinski definition) is 2. The first-order chi connectivity index (χ1) is 5.61. The maximum Gasteiger partial charge on any atom is 0.237 e. The van der Waals surface area contributed by atoms with E-state index in [-0.39, 0.29) is 18.0 Å². The van der Waals surface area contributed by atoms with Gasteiger partial charge in [-0.25, -0.2) is 0 Å². The number of carbonyl (C=O) groups is 1. The topological polar surface area (TPSA) is 41.1 Å². The van der Waals surface area contributed by atoms with Crippen LogP contribution in [0, 0.1) is 12.3 Å². The van der Waals surface area contributed by atoms with Crippen molar-refractivity contribution in [3.63, 3.8) is 0 Å². The Kier molecular flexibility index (Phi) is 5.14. The van der Waals surface area contributed by atoms with Gasteiger partial charge in [-0.05, 0) is 0 Å². The molecule has 3 nitrogen and oxygen atoms in total. The third-order valence-corrected chi connectivity index (χ3v) is 1.42. The van der Waals surface area contributed by atoms with Gasteiger partial charge >= 0.3 is 0 Å². The summed E-state index contributed by atoms with van der Waals surface area (Å²) in [7, 11) is 1.61. The van der Waals surface area contributed by atoms with Gasteiger partial charge in [0.05, 0.1) is 6.04 Å². The Morgan fingerprint density at radius 2 is 2.17 bits per heavy atom. The Morgan fingerprint density at radius 3 is 2.50 bits per heavy atom. The van der Waals surface area contributed by atoms with Crippen molar-refractivity contribution in [1.82, 2.24) is 10.6 Å². The van der Waals surface area contributed by atoms with Crippen LogP contribution in [0.4, 0.5) is 0 Å². The number of carbonyl (C=O) groups excluding carboxylic acids is 1. The predicted octanol–water partition coefficient (Wildman–Crippen LogP) is 0.122. The van der Waals surface area contributed by atoms with Gasteiger partial charge < -0.3 is 10.6 Å². The minimum Gasteiger partial charge on any atom is -0.358 e. The van der Waals surface area contributed by atoms with Crippen molar-refractivity contribution in [2.75, 3.05) is 7.05 Å². The smallest absolute Gasteiger partial charge is 0.237 e. The van der Waals surface area contributed by atoms with Crippen LogP contribution >= 0.6 is 0 Å². The lowest BCUT2D eigenvalue weighted by atomic mass is 10.2. The van der Waals surface area contributed by atoms with Crippen LogP contribution in [0.2, 0.25) is 0 Å². The van der Waals surface area contributed by atoms with E-state index in [0.29, 0.717) is 6.42 Å². The predicted molar refractivity (Wildman–Crippen MR) is 49.6 cm³/mol. The first-order valence-corrected chi connectivity index (χ1v) is 4.03. The molecule has 0 heterocycles. The molecule has 68 valence electrons. The summed E-state index contributed by atoms with van der Waals surface area (Å²) < 4.78 is 0. The highest BCUT2D eigenvalue weighted by molar-refractivity contribution is 5.81. The van der Waals surface area contributed by atoms with E-state index in [9.17, 15) is 4.79 Å². The third kappa shape index (κ3) is 3.99. The first kappa shape index (κ1) is 11.0. The zero-order valence-corrected chi connectivity index (χ0v) is 7.85. The Bertz CT molecular complexity index is 181. The summed E-state index contributed by atoms with van der Waals surface area (Å²) in [5, 5.41) is 5.64. The van der Waals surface area contributed by atoms with E-state index in [0.717, 1.165) is 0 Å². The van der Waals surface area contributed by atoms with E-state index in [4.69, 9.17) is 6.42 Å². The van der Waals surface area contributed by atoms with E-state index in [2.05, 4.69) is 16.6 Å². The molecule has 0 saturated heterocycles. The summed E-state index contributed by atoms with van der Waals surface area (Å²) in [4.78, 5) is 11.2. The summed E-state index contributed by atoms with van der Waals surface area (Å²) in [5.41, 5.74) is 0. The minimum absolute atomic E-state index is 0.0540. The van der Waals surface area contributed by atoms with Gasteiger partial charge in [0.2, 0.25) is 5.91 Å². The molecular formula is C9H16N2O. The number of hydrogen-bond donors (Lipinski definition) is 2. The summed E-state index contributed by atoms with van der Waals surface area (Å²) in [5.74, 6) is 2.41. The quantitative estimate of drug-likeness (QED) is 0.585. The molecule has 1 amide bonds. The maximum atomic E-state index is 11.2. The molecule has 0 bridgehead atoms. The Balaban J connectivity index is 4.05. The van der Waals surface area contributed by atoms with Gasteiger partial charge in [0.15, 0.2) is 0 Å². The van der Waals surface area contributed by atoms with Crippen LogP contribution < -0.4 is 10.6 Å². The highest BCUT2D eigenvalue weighted by Crippen LogP contribution is 1.92. The highest BCUT2D eigenvalue weighted by Gasteiger charge is 2.15. The van der Waals surface area contributed by atoms with Crippen molar-refractivity contribution in [3.8, 4) is 12.3 Å². The number of terminal acetylenes is 1. The molecule has 2 N–H and O–H groups in total. The highest BCUT2D eigenvalue weighted by atomic mass is 16.2. The number of nitrogens with one attached hydrogen (secondary N) is 2. The van der Waals surface area contributed by atoms with Crippen LogP contribution in [0.5, 0.6) is 0 Å². The van der Waals surface area contributed by atoms with Crippen molar-refractivity contribution in [2.24, 2.45) is 0 Å². The lowest BCUT2D eigenvalue weighted by Crippen LogP contribution is -2.45. The normalized spacial score (nSPS) is 12.2. The van der Waals surface area contributed by atoms with Crippen LogP contribution in [0.15, 0.2) is 0 Å². The average molecular weight is 168 g/mol. The molecule has 0 aromatic rings. The fraction of sp³-hybridized carbons (Fsp3) is 0.667. The van der Waals surface area contributed by atoms with Crippen LogP contribution in [-0.2, 0) is 4.79 Å². The van der Waals surface area contributed by atoms with E-state index in [1.165, 1.54) is 0 Å². The van der Waals surface area contributed by atoms with Crippen LogP contribution in [-0.4, -0.2) is 25.0 Å². The maximum absolute atomic E-state index is 11.2. The van der Waals surface area contributed by atoms with Crippen LogP contribution in [0.1, 0.15) is 20.3 Å². The van der Waals surface area contributed by atoms with E-state index >= 15 is 0 Å². The van der Waals surface area contributed by atoms with Crippen molar-refractivity contribution in [1.29, 1.82) is 0 Å². The fourth-order valence-corrected chi connectivity index (χ4v) is 0.922. The van der Waals surface area contributed by atoms with Gasteiger partial charge in [-0.2, -0.15) is 0 Å². The second kappa shape index (κ2) is 5.62. The van der Waals surface area contributed by atoms with Crippen LogP contribution in [0.25, 0.3) is 0 Å². The minimum atomic E-state index is -0.264. The molecule has 0 aliphatic heterocycles. The SMILES string of the molecule is C#CCC(NC(C)C)C(=O)NC. The van der Waals surface area contributed by atoms with Crippen LogP contribution in [0.3, 0.4) is 0 Å². The molecule has 0 fully saturated rings. The van der Waals surface area contributed by atoms with Crippen molar-refractivity contribution in [2.45, 2.75) is 32.4 Å². The molecular weight excluding hydrogens is 152 g/mol. The molecule has 0 spiro atoms. The molecule has 0 rings (SSSR count). The van der Waals surface area contributed by atoms with Gasteiger partial charge in [0, 0.05) is 19.5 Å². The molecule has 1 unspecified atom stereocenters. The number of amides is 1. The zero-order chi connectivity index (χ0) is 9.56. The first-order valence-electron chi connectivity index (χ1n) is 4.03. The van der Waals surface area contributed by atoms with Gasteiger partial charge in [0.1, 0.15) is 0 Å². The van der Waals surface area contributed by atoms with E-state index < -0.39 is 0 Å². The second-order valence-corrected chi connectivity index (χ2v) is 2.90. The molecule has 0 aliphatic rings. The third-order valence-electron chi connectivity index (χ3n) is 1.42. The summed E-state index contributed by atoms with van der Waals surface area (Å²) in [6.07, 6.45) is 5.56. The van der Waals surface area contributed by atoms with Gasteiger partial charge in [-0.1, -0.05) is 13.8 Å². The van der Waals surface area contributed by atoms with E-state index in [1.54, 1.807) is 7.05 Å². The molecule has 12 heavy (non-hydrogen) atoms. The molecule has 0 aromatic carbocycles. The molecule has 0 radical (unpaired) electrons. The molecule has 1 atom stereocenters. The zero-order valence-electron chi connectivity index (χ0n) is 7.85. The standard InChI is InChI=1S/C9H16N2O/c1-5-6-8(9(12)10-4)11-7(2)3/h1,7-8,11H,6H2,2-4H3,(H,10,12). The molecule has 0 aliphatic carbocycles. The Morgan fingerprint density at radius 1 is 1.58 bits per heavy atom. The Labute approximate surface area is 73.9 Å².